The zero-order valence-corrected chi connectivity index (χ0v) is 27.7. The molecule has 4 N–H and O–H groups in total. The van der Waals surface area contributed by atoms with Crippen molar-refractivity contribution in [2.24, 2.45) is 5.92 Å². The fraction of sp³-hybridized carbons (Fsp3) is 0.400. The number of aliphatic hydroxyl groups is 2. The van der Waals surface area contributed by atoms with Crippen molar-refractivity contribution in [3.63, 3.8) is 0 Å². The van der Waals surface area contributed by atoms with Crippen molar-refractivity contribution in [1.82, 2.24) is 4.90 Å². The van der Waals surface area contributed by atoms with E-state index in [0.717, 1.165) is 11.1 Å². The summed E-state index contributed by atoms with van der Waals surface area (Å²) in [6.45, 7) is 7.51. The molecule has 0 unspecified atom stereocenters. The van der Waals surface area contributed by atoms with Gasteiger partial charge in [0.25, 0.3) is 11.8 Å². The molecular formula is C35H43N3O7Si. The highest BCUT2D eigenvalue weighted by Crippen LogP contribution is 2.59. The predicted octanol–water partition coefficient (Wildman–Crippen LogP) is 3.76. The molecule has 1 spiro atoms. The predicted molar refractivity (Wildman–Crippen MR) is 177 cm³/mol. The minimum atomic E-state index is -2.98. The highest BCUT2D eigenvalue weighted by Gasteiger charge is 2.66. The molecule has 2 aliphatic rings. The number of rotatable bonds is 11. The molecule has 244 valence electrons. The number of hydrogen-bond acceptors (Lipinski definition) is 7. The molecule has 0 saturated carbocycles. The number of carbonyl (C=O) groups excluding carboxylic acids is 3. The maximum atomic E-state index is 14.6. The molecule has 11 heteroatoms. The van der Waals surface area contributed by atoms with Crippen LogP contribution in [0.15, 0.2) is 78.9 Å². The van der Waals surface area contributed by atoms with Gasteiger partial charge in [0.15, 0.2) is 13.9 Å². The third-order valence-corrected chi connectivity index (χ3v) is 11.7. The van der Waals surface area contributed by atoms with E-state index in [1.807, 2.05) is 86.7 Å². The van der Waals surface area contributed by atoms with Crippen LogP contribution in [0.1, 0.15) is 37.0 Å². The quantitative estimate of drug-likeness (QED) is 0.233. The zero-order chi connectivity index (χ0) is 33.2. The van der Waals surface area contributed by atoms with E-state index in [1.165, 1.54) is 6.92 Å². The third kappa shape index (κ3) is 6.51. The Morgan fingerprint density at radius 2 is 1.67 bits per heavy atom. The van der Waals surface area contributed by atoms with Gasteiger partial charge in [0.05, 0.1) is 31.4 Å². The van der Waals surface area contributed by atoms with Gasteiger partial charge < -0.3 is 34.9 Å². The molecule has 2 aliphatic heterocycles. The molecule has 10 nitrogen and oxygen atoms in total. The number of aliphatic hydroxyl groups excluding tert-OH is 2. The van der Waals surface area contributed by atoms with Gasteiger partial charge in [-0.1, -0.05) is 67.6 Å². The Hall–Kier alpha value is -3.87. The molecule has 5 rings (SSSR count). The van der Waals surface area contributed by atoms with Gasteiger partial charge in [0.1, 0.15) is 6.10 Å². The number of benzene rings is 3. The summed E-state index contributed by atoms with van der Waals surface area (Å²) in [5.74, 6) is -1.39. The Balaban J connectivity index is 1.43. The number of anilines is 2. The fourth-order valence-corrected chi connectivity index (χ4v) is 9.58. The largest absolute Gasteiger partial charge is 0.432 e. The van der Waals surface area contributed by atoms with Gasteiger partial charge in [-0.05, 0) is 49.3 Å². The van der Waals surface area contributed by atoms with Crippen molar-refractivity contribution in [3.8, 4) is 0 Å². The topological polar surface area (TPSA) is 140 Å². The first kappa shape index (κ1) is 33.5. The second kappa shape index (κ2) is 13.5. The molecule has 0 radical (unpaired) electrons. The summed E-state index contributed by atoms with van der Waals surface area (Å²) in [5.41, 5.74) is 1.90. The lowest BCUT2D eigenvalue weighted by molar-refractivity contribution is -0.150. The molecule has 3 amide bonds. The molecule has 1 fully saturated rings. The van der Waals surface area contributed by atoms with Crippen LogP contribution in [-0.2, 0) is 37.8 Å². The van der Waals surface area contributed by atoms with Crippen molar-refractivity contribution in [2.75, 3.05) is 23.4 Å². The maximum Gasteiger partial charge on any atom is 0.264 e. The van der Waals surface area contributed by atoms with Gasteiger partial charge in [-0.25, -0.2) is 0 Å². The van der Waals surface area contributed by atoms with Crippen LogP contribution >= 0.6 is 0 Å². The Morgan fingerprint density at radius 3 is 2.30 bits per heavy atom. The van der Waals surface area contributed by atoms with Crippen LogP contribution in [0.4, 0.5) is 11.4 Å². The van der Waals surface area contributed by atoms with Crippen LogP contribution in [0, 0.1) is 5.92 Å². The first-order chi connectivity index (χ1) is 21.9. The summed E-state index contributed by atoms with van der Waals surface area (Å²) in [6.07, 6.45) is -1.88. The minimum absolute atomic E-state index is 0.0321. The number of para-hydroxylation sites is 1. The second-order valence-electron chi connectivity index (χ2n) is 12.9. The lowest BCUT2D eigenvalue weighted by Crippen LogP contribution is -2.46. The normalized spacial score (nSPS) is 23.0. The van der Waals surface area contributed by atoms with Gasteiger partial charge in [-0.3, -0.25) is 14.4 Å². The SMILES string of the molecule is C[C@H](O)C(=O)Nc1ccc(CN2C(=O)[C@]3(O[C@H](CC(=O)N(CCO)Cc4ccccc4)[C@@H]([Si](C)(C)O)[C@@H]3C)c3ccccc32)cc1. The van der Waals surface area contributed by atoms with E-state index >= 15 is 0 Å². The number of carbonyl (C=O) groups is 3. The van der Waals surface area contributed by atoms with E-state index < -0.39 is 43.5 Å². The Kier molecular flexibility index (Phi) is 9.80. The summed E-state index contributed by atoms with van der Waals surface area (Å²) in [6, 6.07) is 24.1. The van der Waals surface area contributed by atoms with Crippen LogP contribution in [-0.4, -0.2) is 71.3 Å². The van der Waals surface area contributed by atoms with Crippen LogP contribution in [0.5, 0.6) is 0 Å². The Bertz CT molecular complexity index is 1560. The van der Waals surface area contributed by atoms with Crippen molar-refractivity contribution >= 4 is 37.4 Å². The Labute approximate surface area is 270 Å². The van der Waals surface area contributed by atoms with Crippen molar-refractivity contribution in [2.45, 2.75) is 69.8 Å². The molecule has 46 heavy (non-hydrogen) atoms. The van der Waals surface area contributed by atoms with Gasteiger partial charge in [-0.15, -0.1) is 0 Å². The lowest BCUT2D eigenvalue weighted by Gasteiger charge is -2.32. The van der Waals surface area contributed by atoms with Gasteiger partial charge in [0.2, 0.25) is 5.91 Å². The summed E-state index contributed by atoms with van der Waals surface area (Å²) in [7, 11) is -2.98. The molecular weight excluding hydrogens is 602 g/mol. The van der Waals surface area contributed by atoms with E-state index in [4.69, 9.17) is 4.74 Å². The number of nitrogens with one attached hydrogen (secondary N) is 1. The van der Waals surface area contributed by atoms with E-state index in [1.54, 1.807) is 21.9 Å². The molecule has 0 aromatic heterocycles. The van der Waals surface area contributed by atoms with E-state index in [-0.39, 0.29) is 37.9 Å². The summed E-state index contributed by atoms with van der Waals surface area (Å²) < 4.78 is 6.80. The third-order valence-electron chi connectivity index (χ3n) is 9.15. The van der Waals surface area contributed by atoms with Gasteiger partial charge >= 0.3 is 0 Å². The number of ether oxygens (including phenoxy) is 1. The number of nitrogens with zero attached hydrogens (tertiary/aromatic N) is 2. The average molecular weight is 646 g/mol. The first-order valence-electron chi connectivity index (χ1n) is 15.7. The van der Waals surface area contributed by atoms with Crippen molar-refractivity contribution < 1.29 is 34.1 Å². The summed E-state index contributed by atoms with van der Waals surface area (Å²) in [5, 5.41) is 21.9. The fourth-order valence-electron chi connectivity index (χ4n) is 7.03. The summed E-state index contributed by atoms with van der Waals surface area (Å²) in [4.78, 5) is 55.1. The number of fused-ring (bicyclic) bond motifs is 2. The van der Waals surface area contributed by atoms with E-state index in [9.17, 15) is 29.4 Å². The average Bonchev–Trinajstić information content (AvgIpc) is 3.44. The van der Waals surface area contributed by atoms with Crippen LogP contribution in [0.3, 0.4) is 0 Å². The zero-order valence-electron chi connectivity index (χ0n) is 26.7. The first-order valence-corrected chi connectivity index (χ1v) is 18.7. The van der Waals surface area contributed by atoms with Gasteiger partial charge in [0, 0.05) is 35.8 Å². The standard InChI is InChI=1S/C35H43N3O7Si/c1-23-32(46(3,4)44)30(20-31(41)37(18-19-39)21-25-10-6-5-7-11-25)45-35(23)28-12-8-9-13-29(28)38(34(35)43)22-26-14-16-27(17-15-26)36-33(42)24(2)40/h5-17,23-24,30,32,39-40,44H,18-22H2,1-4H3,(H,36,42)/t23-,24-,30+,32-,35+/m0/s1. The van der Waals surface area contributed by atoms with Crippen LogP contribution < -0.4 is 10.2 Å². The molecule has 0 bridgehead atoms. The second-order valence-corrected chi connectivity index (χ2v) is 16.8. The number of hydrogen-bond donors (Lipinski definition) is 4. The highest BCUT2D eigenvalue weighted by atomic mass is 28.4. The maximum absolute atomic E-state index is 14.6. The van der Waals surface area contributed by atoms with E-state index in [2.05, 4.69) is 5.32 Å². The number of amides is 3. The van der Waals surface area contributed by atoms with Crippen molar-refractivity contribution in [3.05, 3.63) is 95.6 Å². The highest BCUT2D eigenvalue weighted by molar-refractivity contribution is 6.71. The summed E-state index contributed by atoms with van der Waals surface area (Å²) >= 11 is 0. The van der Waals surface area contributed by atoms with E-state index in [0.29, 0.717) is 23.5 Å². The molecule has 3 aromatic carbocycles. The Morgan fingerprint density at radius 1 is 1.02 bits per heavy atom. The minimum Gasteiger partial charge on any atom is -0.432 e. The van der Waals surface area contributed by atoms with Gasteiger partial charge in [-0.2, -0.15) is 0 Å². The van der Waals surface area contributed by atoms with Crippen LogP contribution in [0.2, 0.25) is 18.6 Å². The monoisotopic (exact) mass is 645 g/mol. The lowest BCUT2D eigenvalue weighted by atomic mass is 9.82. The smallest absolute Gasteiger partial charge is 0.264 e. The molecule has 2 heterocycles. The molecule has 5 atom stereocenters. The van der Waals surface area contributed by atoms with Crippen LogP contribution in [0.25, 0.3) is 0 Å². The molecule has 1 saturated heterocycles. The molecule has 0 aliphatic carbocycles. The van der Waals surface area contributed by atoms with Crippen molar-refractivity contribution in [1.29, 1.82) is 0 Å². The molecule has 3 aromatic rings.